The van der Waals surface area contributed by atoms with Crippen LogP contribution in [0.1, 0.15) is 0 Å². The van der Waals surface area contributed by atoms with Gasteiger partial charge < -0.3 is 5.11 Å². The SMILES string of the molecule is C=C(Cn1c(=O)c([N+](=O)[O-])cn(C)c1=O)C(=O)O. The van der Waals surface area contributed by atoms with Gasteiger partial charge in [0.15, 0.2) is 0 Å². The van der Waals surface area contributed by atoms with E-state index in [1.807, 2.05) is 0 Å². The molecule has 0 unspecified atom stereocenters. The third kappa shape index (κ3) is 2.34. The Labute approximate surface area is 99.4 Å². The van der Waals surface area contributed by atoms with E-state index in [1.54, 1.807) is 0 Å². The third-order valence-electron chi connectivity index (χ3n) is 2.16. The molecule has 0 saturated heterocycles. The summed E-state index contributed by atoms with van der Waals surface area (Å²) in [4.78, 5) is 43.4. The van der Waals surface area contributed by atoms with Crippen molar-refractivity contribution in [3.63, 3.8) is 0 Å². The molecule has 9 heteroatoms. The van der Waals surface area contributed by atoms with Gasteiger partial charge in [-0.1, -0.05) is 6.58 Å². The summed E-state index contributed by atoms with van der Waals surface area (Å²) < 4.78 is 1.28. The summed E-state index contributed by atoms with van der Waals surface area (Å²) in [5.41, 5.74) is -3.25. The van der Waals surface area contributed by atoms with Gasteiger partial charge in [0.1, 0.15) is 0 Å². The standard InChI is InChI=1S/C9H9N3O6/c1-5(8(14)15)3-11-7(13)6(12(17)18)4-10(2)9(11)16/h4H,1,3H2,2H3,(H,14,15). The van der Waals surface area contributed by atoms with E-state index in [0.29, 0.717) is 4.57 Å². The zero-order valence-electron chi connectivity index (χ0n) is 9.32. The van der Waals surface area contributed by atoms with Gasteiger partial charge in [-0.25, -0.2) is 14.2 Å². The molecule has 96 valence electrons. The van der Waals surface area contributed by atoms with Gasteiger partial charge in [0.2, 0.25) is 0 Å². The topological polar surface area (TPSA) is 124 Å². The van der Waals surface area contributed by atoms with E-state index in [0.717, 1.165) is 10.8 Å². The van der Waals surface area contributed by atoms with E-state index in [-0.39, 0.29) is 0 Å². The number of aryl methyl sites for hydroxylation is 1. The highest BCUT2D eigenvalue weighted by molar-refractivity contribution is 5.85. The zero-order valence-corrected chi connectivity index (χ0v) is 9.32. The molecule has 0 aromatic carbocycles. The van der Waals surface area contributed by atoms with Crippen LogP contribution >= 0.6 is 0 Å². The molecule has 1 N–H and O–H groups in total. The maximum Gasteiger partial charge on any atom is 0.350 e. The van der Waals surface area contributed by atoms with Crippen molar-refractivity contribution < 1.29 is 14.8 Å². The second kappa shape index (κ2) is 4.65. The summed E-state index contributed by atoms with van der Waals surface area (Å²) in [5.74, 6) is -1.39. The monoisotopic (exact) mass is 255 g/mol. The molecule has 0 aliphatic heterocycles. The third-order valence-corrected chi connectivity index (χ3v) is 2.16. The summed E-state index contributed by atoms with van der Waals surface area (Å²) in [6.07, 6.45) is 0.782. The summed E-state index contributed by atoms with van der Waals surface area (Å²) in [6, 6.07) is 0. The summed E-state index contributed by atoms with van der Waals surface area (Å²) >= 11 is 0. The summed E-state index contributed by atoms with van der Waals surface area (Å²) in [5, 5.41) is 19.2. The molecular formula is C9H9N3O6. The normalized spacial score (nSPS) is 10.1. The van der Waals surface area contributed by atoms with Crippen molar-refractivity contribution >= 4 is 11.7 Å². The lowest BCUT2D eigenvalue weighted by molar-refractivity contribution is -0.387. The lowest BCUT2D eigenvalue weighted by Gasteiger charge is -2.06. The van der Waals surface area contributed by atoms with Crippen molar-refractivity contribution in [1.29, 1.82) is 0 Å². The molecule has 1 rings (SSSR count). The lowest BCUT2D eigenvalue weighted by atomic mass is 10.3. The Morgan fingerprint density at radius 3 is 2.56 bits per heavy atom. The molecule has 0 radical (unpaired) electrons. The fraction of sp³-hybridized carbons (Fsp3) is 0.222. The predicted octanol–water partition coefficient (Wildman–Crippen LogP) is -0.904. The number of rotatable bonds is 4. The molecule has 0 atom stereocenters. The Hall–Kier alpha value is -2.71. The van der Waals surface area contributed by atoms with Crippen LogP contribution in [0.2, 0.25) is 0 Å². The van der Waals surface area contributed by atoms with Gasteiger partial charge >= 0.3 is 22.9 Å². The van der Waals surface area contributed by atoms with Gasteiger partial charge in [-0.2, -0.15) is 0 Å². The summed E-state index contributed by atoms with van der Waals surface area (Å²) in [6.45, 7) is 2.55. The fourth-order valence-corrected chi connectivity index (χ4v) is 1.23. The molecule has 0 spiro atoms. The Balaban J connectivity index is 3.48. The number of carboxylic acid groups (broad SMARTS) is 1. The molecule has 1 aromatic rings. The number of carbonyl (C=O) groups is 1. The van der Waals surface area contributed by atoms with Crippen molar-refractivity contribution in [1.82, 2.24) is 9.13 Å². The first-order valence-corrected chi connectivity index (χ1v) is 4.61. The number of aromatic nitrogens is 2. The van der Waals surface area contributed by atoms with Crippen molar-refractivity contribution in [3.8, 4) is 0 Å². The van der Waals surface area contributed by atoms with Gasteiger partial charge in [0, 0.05) is 12.6 Å². The average molecular weight is 255 g/mol. The molecule has 1 heterocycles. The minimum Gasteiger partial charge on any atom is -0.478 e. The maximum atomic E-state index is 11.6. The molecular weight excluding hydrogens is 246 g/mol. The first-order valence-electron chi connectivity index (χ1n) is 4.61. The van der Waals surface area contributed by atoms with E-state index in [4.69, 9.17) is 5.11 Å². The van der Waals surface area contributed by atoms with Gasteiger partial charge in [-0.05, 0) is 0 Å². The smallest absolute Gasteiger partial charge is 0.350 e. The lowest BCUT2D eigenvalue weighted by Crippen LogP contribution is -2.40. The highest BCUT2D eigenvalue weighted by Gasteiger charge is 2.20. The van der Waals surface area contributed by atoms with Crippen LogP contribution in [-0.2, 0) is 18.4 Å². The van der Waals surface area contributed by atoms with E-state index < -0.39 is 39.9 Å². The fourth-order valence-electron chi connectivity index (χ4n) is 1.23. The average Bonchev–Trinajstić information content (AvgIpc) is 2.28. The van der Waals surface area contributed by atoms with Gasteiger partial charge in [-0.3, -0.25) is 19.5 Å². The van der Waals surface area contributed by atoms with Gasteiger partial charge in [0.05, 0.1) is 17.7 Å². The quantitative estimate of drug-likeness (QED) is 0.422. The number of nitrogens with zero attached hydrogens (tertiary/aromatic N) is 3. The molecule has 0 fully saturated rings. The van der Waals surface area contributed by atoms with Crippen LogP contribution in [0, 0.1) is 10.1 Å². The highest BCUT2D eigenvalue weighted by atomic mass is 16.6. The molecule has 0 aliphatic rings. The van der Waals surface area contributed by atoms with Gasteiger partial charge in [0.25, 0.3) is 0 Å². The molecule has 0 saturated carbocycles. The first kappa shape index (κ1) is 13.4. The van der Waals surface area contributed by atoms with Crippen molar-refractivity contribution in [3.05, 3.63) is 49.3 Å². The minimum absolute atomic E-state index is 0.422. The van der Waals surface area contributed by atoms with Crippen LogP contribution in [0.4, 0.5) is 5.69 Å². The van der Waals surface area contributed by atoms with E-state index in [2.05, 4.69) is 6.58 Å². The number of carboxylic acids is 1. The second-order valence-corrected chi connectivity index (χ2v) is 3.46. The Morgan fingerprint density at radius 2 is 2.11 bits per heavy atom. The van der Waals surface area contributed by atoms with Crippen LogP contribution < -0.4 is 11.2 Å². The Kier molecular flexibility index (Phi) is 3.45. The predicted molar refractivity (Wildman–Crippen MR) is 59.4 cm³/mol. The minimum atomic E-state index is -1.39. The first-order chi connectivity index (χ1) is 8.25. The molecule has 1 aromatic heterocycles. The highest BCUT2D eigenvalue weighted by Crippen LogP contribution is 2.00. The summed E-state index contributed by atoms with van der Waals surface area (Å²) in [7, 11) is 1.22. The van der Waals surface area contributed by atoms with Crippen molar-refractivity contribution in [2.24, 2.45) is 7.05 Å². The van der Waals surface area contributed by atoms with Gasteiger partial charge in [-0.15, -0.1) is 0 Å². The molecule has 0 bridgehead atoms. The molecule has 0 amide bonds. The molecule has 18 heavy (non-hydrogen) atoms. The van der Waals surface area contributed by atoms with Crippen molar-refractivity contribution in [2.45, 2.75) is 6.54 Å². The second-order valence-electron chi connectivity index (χ2n) is 3.46. The number of hydrogen-bond donors (Lipinski definition) is 1. The molecule has 9 nitrogen and oxygen atoms in total. The van der Waals surface area contributed by atoms with Crippen LogP contribution in [0.15, 0.2) is 27.9 Å². The van der Waals surface area contributed by atoms with Crippen LogP contribution in [0.25, 0.3) is 0 Å². The largest absolute Gasteiger partial charge is 0.478 e. The Morgan fingerprint density at radius 1 is 1.56 bits per heavy atom. The number of aliphatic carboxylic acids is 1. The van der Waals surface area contributed by atoms with Crippen LogP contribution in [0.5, 0.6) is 0 Å². The van der Waals surface area contributed by atoms with E-state index >= 15 is 0 Å². The number of hydrogen-bond acceptors (Lipinski definition) is 5. The van der Waals surface area contributed by atoms with E-state index in [9.17, 15) is 24.5 Å². The number of nitro groups is 1. The zero-order chi connectivity index (χ0) is 14.0. The van der Waals surface area contributed by atoms with Crippen LogP contribution in [-0.4, -0.2) is 25.1 Å². The van der Waals surface area contributed by atoms with Crippen molar-refractivity contribution in [2.75, 3.05) is 0 Å². The molecule has 0 aliphatic carbocycles. The van der Waals surface area contributed by atoms with Crippen LogP contribution in [0.3, 0.4) is 0 Å². The van der Waals surface area contributed by atoms with E-state index in [1.165, 1.54) is 7.05 Å². The Bertz CT molecular complexity index is 653. The maximum absolute atomic E-state index is 11.6.